The van der Waals surface area contributed by atoms with Gasteiger partial charge < -0.3 is 14.5 Å². The Morgan fingerprint density at radius 3 is 2.69 bits per heavy atom. The van der Waals surface area contributed by atoms with Gasteiger partial charge in [0.15, 0.2) is 0 Å². The maximum atomic E-state index is 13.4. The van der Waals surface area contributed by atoms with E-state index in [1.165, 1.54) is 23.8 Å². The first-order chi connectivity index (χ1) is 14.0. The summed E-state index contributed by atoms with van der Waals surface area (Å²) in [6.07, 6.45) is 3.74. The van der Waals surface area contributed by atoms with Gasteiger partial charge in [-0.25, -0.2) is 9.69 Å². The van der Waals surface area contributed by atoms with Gasteiger partial charge in [-0.15, -0.1) is 11.8 Å². The van der Waals surface area contributed by atoms with E-state index in [1.807, 2.05) is 18.4 Å². The summed E-state index contributed by atoms with van der Waals surface area (Å²) in [5, 5.41) is 1.37. The molecule has 0 bridgehead atoms. The zero-order valence-electron chi connectivity index (χ0n) is 17.0. The molecular formula is C21H27N3O4S. The standard InChI is InChI=1S/C21H27N3O4S/c1-4-6-12-22(5-2)18(25)14-23-16-11-13-29-19(16)20(26)24(21(23)27)15-9-7-8-10-17(15)28-3/h7-11,13,16,19H,4-6,12,14H2,1-3H3. The lowest BCUT2D eigenvalue weighted by Crippen LogP contribution is -2.63. The number of carbonyl (C=O) groups excluding carboxylic acids is 3. The molecule has 156 valence electrons. The molecule has 0 spiro atoms. The van der Waals surface area contributed by atoms with Gasteiger partial charge in [0.05, 0.1) is 18.8 Å². The van der Waals surface area contributed by atoms with Gasteiger partial charge in [-0.05, 0) is 30.9 Å². The van der Waals surface area contributed by atoms with E-state index in [4.69, 9.17) is 4.74 Å². The molecule has 2 aliphatic rings. The topological polar surface area (TPSA) is 70.2 Å². The van der Waals surface area contributed by atoms with Crippen LogP contribution in [0.15, 0.2) is 35.7 Å². The minimum Gasteiger partial charge on any atom is -0.495 e. The second-order valence-electron chi connectivity index (χ2n) is 6.96. The van der Waals surface area contributed by atoms with Crippen molar-refractivity contribution < 1.29 is 19.1 Å². The molecule has 8 heteroatoms. The molecule has 7 nitrogen and oxygen atoms in total. The highest BCUT2D eigenvalue weighted by molar-refractivity contribution is 8.03. The summed E-state index contributed by atoms with van der Waals surface area (Å²) >= 11 is 1.38. The summed E-state index contributed by atoms with van der Waals surface area (Å²) in [7, 11) is 1.50. The number of carbonyl (C=O) groups is 3. The highest BCUT2D eigenvalue weighted by Crippen LogP contribution is 2.38. The highest BCUT2D eigenvalue weighted by Gasteiger charge is 2.49. The minimum atomic E-state index is -0.493. The molecule has 2 unspecified atom stereocenters. The number of nitrogens with zero attached hydrogens (tertiary/aromatic N) is 3. The monoisotopic (exact) mass is 417 g/mol. The van der Waals surface area contributed by atoms with Crippen molar-refractivity contribution in [1.29, 1.82) is 0 Å². The van der Waals surface area contributed by atoms with Crippen LogP contribution in [-0.4, -0.2) is 65.7 Å². The van der Waals surface area contributed by atoms with E-state index in [0.717, 1.165) is 17.7 Å². The third-order valence-corrected chi connectivity index (χ3v) is 6.31. The number of imide groups is 1. The number of ether oxygens (including phenoxy) is 1. The van der Waals surface area contributed by atoms with Crippen LogP contribution in [0.3, 0.4) is 0 Å². The van der Waals surface area contributed by atoms with Crippen molar-refractivity contribution >= 4 is 35.3 Å². The first-order valence-electron chi connectivity index (χ1n) is 9.90. The molecule has 0 saturated carbocycles. The largest absolute Gasteiger partial charge is 0.495 e. The number of para-hydroxylation sites is 2. The third-order valence-electron chi connectivity index (χ3n) is 5.22. The van der Waals surface area contributed by atoms with Gasteiger partial charge in [0, 0.05) is 13.1 Å². The van der Waals surface area contributed by atoms with Crippen LogP contribution in [-0.2, 0) is 9.59 Å². The molecule has 29 heavy (non-hydrogen) atoms. The number of hydrogen-bond acceptors (Lipinski definition) is 5. The average molecular weight is 418 g/mol. The lowest BCUT2D eigenvalue weighted by molar-refractivity contribution is -0.132. The number of urea groups is 1. The number of unbranched alkanes of at least 4 members (excludes halogenated alkanes) is 1. The average Bonchev–Trinajstić information content (AvgIpc) is 3.22. The summed E-state index contributed by atoms with van der Waals surface area (Å²) < 4.78 is 5.36. The molecule has 4 amide bonds. The predicted octanol–water partition coefficient (Wildman–Crippen LogP) is 3.11. The number of anilines is 1. The van der Waals surface area contributed by atoms with Gasteiger partial charge in [0.25, 0.3) is 5.91 Å². The summed E-state index contributed by atoms with van der Waals surface area (Å²) in [5.41, 5.74) is 0.395. The van der Waals surface area contributed by atoms with E-state index < -0.39 is 17.3 Å². The second kappa shape index (κ2) is 9.35. The second-order valence-corrected chi connectivity index (χ2v) is 8.01. The van der Waals surface area contributed by atoms with Gasteiger partial charge >= 0.3 is 6.03 Å². The van der Waals surface area contributed by atoms with Gasteiger partial charge in [0.2, 0.25) is 5.91 Å². The molecule has 1 aromatic rings. The SMILES string of the molecule is CCCCN(CC)C(=O)CN1C(=O)N(c2ccccc2OC)C(=O)C2SC=CC21. The number of likely N-dealkylation sites (N-methyl/N-ethyl adjacent to an activating group) is 1. The Balaban J connectivity index is 1.90. The predicted molar refractivity (Wildman–Crippen MR) is 114 cm³/mol. The smallest absolute Gasteiger partial charge is 0.332 e. The van der Waals surface area contributed by atoms with Crippen LogP contribution in [0.25, 0.3) is 0 Å². The van der Waals surface area contributed by atoms with Crippen LogP contribution in [0.2, 0.25) is 0 Å². The van der Waals surface area contributed by atoms with E-state index in [-0.39, 0.29) is 18.4 Å². The molecular weight excluding hydrogens is 390 g/mol. The van der Waals surface area contributed by atoms with Crippen molar-refractivity contribution in [1.82, 2.24) is 9.80 Å². The molecule has 0 aliphatic carbocycles. The van der Waals surface area contributed by atoms with E-state index in [2.05, 4.69) is 6.92 Å². The van der Waals surface area contributed by atoms with Crippen LogP contribution in [0, 0.1) is 0 Å². The molecule has 0 radical (unpaired) electrons. The van der Waals surface area contributed by atoms with Gasteiger partial charge in [-0.3, -0.25) is 9.59 Å². The van der Waals surface area contributed by atoms with E-state index >= 15 is 0 Å². The Morgan fingerprint density at radius 1 is 1.24 bits per heavy atom. The molecule has 3 rings (SSSR count). The van der Waals surface area contributed by atoms with Gasteiger partial charge in [0.1, 0.15) is 17.5 Å². The molecule has 2 atom stereocenters. The summed E-state index contributed by atoms with van der Waals surface area (Å²) in [6, 6.07) is 6.02. The van der Waals surface area contributed by atoms with Crippen molar-refractivity contribution in [3.8, 4) is 5.75 Å². The normalized spacial score (nSPS) is 20.8. The number of rotatable bonds is 8. The summed E-state index contributed by atoms with van der Waals surface area (Å²) in [4.78, 5) is 43.8. The zero-order valence-corrected chi connectivity index (χ0v) is 17.9. The molecule has 1 aromatic carbocycles. The number of benzene rings is 1. The van der Waals surface area contributed by atoms with Crippen molar-refractivity contribution in [3.63, 3.8) is 0 Å². The quantitative estimate of drug-likeness (QED) is 0.650. The lowest BCUT2D eigenvalue weighted by Gasteiger charge is -2.41. The first-order valence-corrected chi connectivity index (χ1v) is 10.8. The van der Waals surface area contributed by atoms with Crippen molar-refractivity contribution in [2.24, 2.45) is 0 Å². The first kappa shape index (κ1) is 21.2. The van der Waals surface area contributed by atoms with E-state index in [1.54, 1.807) is 29.2 Å². The van der Waals surface area contributed by atoms with Crippen LogP contribution in [0.1, 0.15) is 26.7 Å². The highest BCUT2D eigenvalue weighted by atomic mass is 32.2. The lowest BCUT2D eigenvalue weighted by atomic mass is 10.1. The van der Waals surface area contributed by atoms with E-state index in [0.29, 0.717) is 24.5 Å². The minimum absolute atomic E-state index is 0.0542. The van der Waals surface area contributed by atoms with E-state index in [9.17, 15) is 14.4 Å². The van der Waals surface area contributed by atoms with Crippen molar-refractivity contribution in [2.45, 2.75) is 38.0 Å². The fourth-order valence-corrected chi connectivity index (χ4v) is 4.65. The number of amides is 4. The molecule has 2 aliphatic heterocycles. The Morgan fingerprint density at radius 2 is 2.00 bits per heavy atom. The summed E-state index contributed by atoms with van der Waals surface area (Å²) in [5.74, 6) is 0.0437. The number of thioether (sulfide) groups is 1. The van der Waals surface area contributed by atoms with Crippen molar-refractivity contribution in [2.75, 3.05) is 31.6 Å². The molecule has 1 saturated heterocycles. The Kier molecular flexibility index (Phi) is 6.84. The Hall–Kier alpha value is -2.48. The van der Waals surface area contributed by atoms with Crippen molar-refractivity contribution in [3.05, 3.63) is 35.7 Å². The van der Waals surface area contributed by atoms with Gasteiger partial charge in [-0.2, -0.15) is 0 Å². The van der Waals surface area contributed by atoms with Gasteiger partial charge in [-0.1, -0.05) is 31.6 Å². The third kappa shape index (κ3) is 4.12. The number of methoxy groups -OCH3 is 1. The number of fused-ring (bicyclic) bond motifs is 1. The maximum absolute atomic E-state index is 13.4. The fourth-order valence-electron chi connectivity index (χ4n) is 3.60. The Bertz CT molecular complexity index is 813. The molecule has 0 aromatic heterocycles. The van der Waals surface area contributed by atoms with Crippen LogP contribution < -0.4 is 9.64 Å². The molecule has 1 fully saturated rings. The zero-order chi connectivity index (χ0) is 21.0. The number of hydrogen-bond donors (Lipinski definition) is 0. The Labute approximate surface area is 175 Å². The maximum Gasteiger partial charge on any atom is 0.332 e. The van der Waals surface area contributed by atoms with Crippen LogP contribution >= 0.6 is 11.8 Å². The molecule has 2 heterocycles. The fraction of sp³-hybridized carbons (Fsp3) is 0.476. The molecule has 0 N–H and O–H groups in total. The summed E-state index contributed by atoms with van der Waals surface area (Å²) in [6.45, 7) is 5.22. The van der Waals surface area contributed by atoms with Crippen LogP contribution in [0.4, 0.5) is 10.5 Å². The van der Waals surface area contributed by atoms with Crippen LogP contribution in [0.5, 0.6) is 5.75 Å².